The van der Waals surface area contributed by atoms with Gasteiger partial charge in [-0.1, -0.05) is 11.6 Å². The van der Waals surface area contributed by atoms with Crippen LogP contribution in [0.5, 0.6) is 5.75 Å². The number of nitrogens with one attached hydrogen (secondary N) is 1. The Morgan fingerprint density at radius 1 is 1.32 bits per heavy atom. The number of fused-ring (bicyclic) bond motifs is 3. The summed E-state index contributed by atoms with van der Waals surface area (Å²) in [6.45, 7) is 6.44. The number of pyridine rings is 1. The van der Waals surface area contributed by atoms with Crippen molar-refractivity contribution in [2.75, 3.05) is 13.7 Å². The van der Waals surface area contributed by atoms with E-state index in [1.54, 1.807) is 7.11 Å². The van der Waals surface area contributed by atoms with Crippen molar-refractivity contribution in [3.8, 4) is 5.75 Å². The molecule has 0 spiro atoms. The van der Waals surface area contributed by atoms with E-state index in [9.17, 15) is 0 Å². The van der Waals surface area contributed by atoms with Crippen LogP contribution < -0.4 is 4.74 Å². The molecule has 4 nitrogen and oxygen atoms in total. The monoisotopic (exact) mass is 314 g/mol. The van der Waals surface area contributed by atoms with Crippen LogP contribution in [0.4, 0.5) is 0 Å². The van der Waals surface area contributed by atoms with Crippen molar-refractivity contribution in [2.45, 2.75) is 20.8 Å². The van der Waals surface area contributed by atoms with Crippen LogP contribution >= 0.6 is 12.2 Å². The van der Waals surface area contributed by atoms with Crippen molar-refractivity contribution >= 4 is 39.1 Å². The van der Waals surface area contributed by atoms with Gasteiger partial charge < -0.3 is 14.5 Å². The highest BCUT2D eigenvalue weighted by Crippen LogP contribution is 2.37. The van der Waals surface area contributed by atoms with E-state index >= 15 is 0 Å². The Hall–Kier alpha value is -2.14. The maximum absolute atomic E-state index is 5.64. The number of nitrogens with zero attached hydrogens (tertiary/aromatic N) is 1. The first-order valence-electron chi connectivity index (χ1n) is 7.20. The molecule has 2 heterocycles. The molecular weight excluding hydrogens is 296 g/mol. The molecule has 0 aliphatic rings. The molecule has 114 valence electrons. The summed E-state index contributed by atoms with van der Waals surface area (Å²) >= 11 is 5.34. The number of thiocarbonyl (C=S) groups is 1. The standard InChI is InChI=1S/C17H18N2O2S/c1-5-21-17(22)15-16(20-4)13-11-8-9(2)6-7-12(11)19-14(13)10(3)18-15/h6-8,19H,5H2,1-4H3. The molecular formula is C17H18N2O2S. The van der Waals surface area contributed by atoms with E-state index in [1.165, 1.54) is 5.56 Å². The first kappa shape index (κ1) is 14.8. The minimum absolute atomic E-state index is 0.367. The molecule has 1 aromatic carbocycles. The van der Waals surface area contributed by atoms with Crippen LogP contribution in [0.3, 0.4) is 0 Å². The summed E-state index contributed by atoms with van der Waals surface area (Å²) in [6.07, 6.45) is 0. The fourth-order valence-electron chi connectivity index (χ4n) is 2.74. The number of methoxy groups -OCH3 is 1. The Morgan fingerprint density at radius 3 is 2.77 bits per heavy atom. The van der Waals surface area contributed by atoms with Gasteiger partial charge in [0, 0.05) is 10.9 Å². The predicted octanol–water partition coefficient (Wildman–Crippen LogP) is 4.05. The second-order valence-electron chi connectivity index (χ2n) is 5.22. The van der Waals surface area contributed by atoms with Crippen LogP contribution in [0.15, 0.2) is 18.2 Å². The molecule has 0 saturated heterocycles. The van der Waals surface area contributed by atoms with Gasteiger partial charge in [-0.05, 0) is 45.1 Å². The third-order valence-corrected chi connectivity index (χ3v) is 4.02. The summed E-state index contributed by atoms with van der Waals surface area (Å²) in [7, 11) is 1.64. The summed E-state index contributed by atoms with van der Waals surface area (Å²) in [5, 5.41) is 2.48. The fourth-order valence-corrected chi connectivity index (χ4v) is 3.00. The van der Waals surface area contributed by atoms with E-state index in [0.29, 0.717) is 23.1 Å². The molecule has 5 heteroatoms. The maximum atomic E-state index is 5.64. The summed E-state index contributed by atoms with van der Waals surface area (Å²) in [6, 6.07) is 6.30. The van der Waals surface area contributed by atoms with Gasteiger partial charge >= 0.3 is 0 Å². The number of hydrogen-bond donors (Lipinski definition) is 1. The molecule has 0 bridgehead atoms. The maximum Gasteiger partial charge on any atom is 0.214 e. The van der Waals surface area contributed by atoms with Crippen LogP contribution in [0.2, 0.25) is 0 Å². The van der Waals surface area contributed by atoms with Gasteiger partial charge in [-0.25, -0.2) is 4.98 Å². The van der Waals surface area contributed by atoms with E-state index in [0.717, 1.165) is 27.5 Å². The first-order chi connectivity index (χ1) is 10.6. The largest absolute Gasteiger partial charge is 0.494 e. The highest BCUT2D eigenvalue weighted by molar-refractivity contribution is 7.80. The molecule has 0 saturated carbocycles. The molecule has 3 aromatic rings. The third-order valence-electron chi connectivity index (χ3n) is 3.71. The SMILES string of the molecule is CCOC(=S)c1nc(C)c2[nH]c3ccc(C)cc3c2c1OC. The minimum atomic E-state index is 0.367. The van der Waals surface area contributed by atoms with Crippen LogP contribution in [-0.2, 0) is 4.74 Å². The third kappa shape index (κ3) is 2.22. The van der Waals surface area contributed by atoms with Gasteiger partial charge in [0.1, 0.15) is 0 Å². The van der Waals surface area contributed by atoms with Crippen LogP contribution in [0.25, 0.3) is 21.8 Å². The van der Waals surface area contributed by atoms with Gasteiger partial charge in [0.25, 0.3) is 0 Å². The lowest BCUT2D eigenvalue weighted by Gasteiger charge is -2.12. The van der Waals surface area contributed by atoms with Gasteiger partial charge in [0.15, 0.2) is 11.4 Å². The normalized spacial score (nSPS) is 11.1. The summed E-state index contributed by atoms with van der Waals surface area (Å²) in [5.41, 5.74) is 4.69. The second-order valence-corrected chi connectivity index (χ2v) is 5.59. The molecule has 0 atom stereocenters. The van der Waals surface area contributed by atoms with Gasteiger partial charge in [0.05, 0.1) is 30.3 Å². The first-order valence-corrected chi connectivity index (χ1v) is 7.61. The van der Waals surface area contributed by atoms with E-state index in [2.05, 4.69) is 35.1 Å². The molecule has 0 aliphatic heterocycles. The highest BCUT2D eigenvalue weighted by atomic mass is 32.1. The van der Waals surface area contributed by atoms with Crippen LogP contribution in [0, 0.1) is 13.8 Å². The molecule has 22 heavy (non-hydrogen) atoms. The van der Waals surface area contributed by atoms with Gasteiger partial charge in [-0.3, -0.25) is 0 Å². The zero-order valence-corrected chi connectivity index (χ0v) is 13.9. The predicted molar refractivity (Wildman–Crippen MR) is 93.0 cm³/mol. The van der Waals surface area contributed by atoms with Crippen molar-refractivity contribution < 1.29 is 9.47 Å². The van der Waals surface area contributed by atoms with Crippen LogP contribution in [0.1, 0.15) is 23.9 Å². The number of benzene rings is 1. The molecule has 3 rings (SSSR count). The van der Waals surface area contributed by atoms with Crippen molar-refractivity contribution in [1.82, 2.24) is 9.97 Å². The van der Waals surface area contributed by atoms with Gasteiger partial charge in [-0.15, -0.1) is 0 Å². The van der Waals surface area contributed by atoms with E-state index in [-0.39, 0.29) is 0 Å². The smallest absolute Gasteiger partial charge is 0.214 e. The van der Waals surface area contributed by atoms with E-state index < -0.39 is 0 Å². The van der Waals surface area contributed by atoms with E-state index in [1.807, 2.05) is 13.8 Å². The number of aryl methyl sites for hydroxylation is 2. The Kier molecular flexibility index (Phi) is 3.74. The Labute approximate surface area is 134 Å². The van der Waals surface area contributed by atoms with Gasteiger partial charge in [0.2, 0.25) is 5.05 Å². The average Bonchev–Trinajstić information content (AvgIpc) is 2.87. The number of aromatic nitrogens is 2. The summed E-state index contributed by atoms with van der Waals surface area (Å²) < 4.78 is 11.1. The number of ether oxygens (including phenoxy) is 2. The average molecular weight is 314 g/mol. The number of hydrogen-bond acceptors (Lipinski definition) is 4. The van der Waals surface area contributed by atoms with Crippen molar-refractivity contribution in [1.29, 1.82) is 0 Å². The Bertz CT molecular complexity index is 883. The topological polar surface area (TPSA) is 47.1 Å². The highest BCUT2D eigenvalue weighted by Gasteiger charge is 2.20. The fraction of sp³-hybridized carbons (Fsp3) is 0.294. The molecule has 0 radical (unpaired) electrons. The van der Waals surface area contributed by atoms with E-state index in [4.69, 9.17) is 21.7 Å². The molecule has 0 fully saturated rings. The van der Waals surface area contributed by atoms with Gasteiger partial charge in [-0.2, -0.15) is 0 Å². The summed E-state index contributed by atoms with van der Waals surface area (Å²) in [5.74, 6) is 0.663. The summed E-state index contributed by atoms with van der Waals surface area (Å²) in [4.78, 5) is 8.01. The number of aromatic amines is 1. The zero-order valence-electron chi connectivity index (χ0n) is 13.1. The molecule has 0 aliphatic carbocycles. The van der Waals surface area contributed by atoms with Crippen molar-refractivity contribution in [3.05, 3.63) is 35.2 Å². The number of H-pyrrole nitrogens is 1. The lowest BCUT2D eigenvalue weighted by Crippen LogP contribution is -2.09. The minimum Gasteiger partial charge on any atom is -0.494 e. The molecule has 0 unspecified atom stereocenters. The number of rotatable bonds is 3. The quantitative estimate of drug-likeness (QED) is 0.741. The van der Waals surface area contributed by atoms with Crippen molar-refractivity contribution in [2.24, 2.45) is 0 Å². The zero-order chi connectivity index (χ0) is 15.9. The Balaban J connectivity index is 2.43. The lowest BCUT2D eigenvalue weighted by atomic mass is 10.1. The second kappa shape index (κ2) is 5.57. The molecule has 1 N–H and O–H groups in total. The molecule has 2 aromatic heterocycles. The Morgan fingerprint density at radius 2 is 2.09 bits per heavy atom. The molecule has 0 amide bonds. The van der Waals surface area contributed by atoms with Crippen LogP contribution in [-0.4, -0.2) is 28.7 Å². The van der Waals surface area contributed by atoms with Crippen molar-refractivity contribution in [3.63, 3.8) is 0 Å². The lowest BCUT2D eigenvalue weighted by molar-refractivity contribution is 0.333.